The molecule has 1 aliphatic carbocycles. The predicted octanol–water partition coefficient (Wildman–Crippen LogP) is 0.248. The van der Waals surface area contributed by atoms with Crippen LogP contribution in [0.4, 0.5) is 5.82 Å². The van der Waals surface area contributed by atoms with E-state index in [1.807, 2.05) is 0 Å². The van der Waals surface area contributed by atoms with Crippen LogP contribution < -0.4 is 11.4 Å². The first-order valence-electron chi connectivity index (χ1n) is 6.71. The first-order chi connectivity index (χ1) is 9.88. The zero-order valence-corrected chi connectivity index (χ0v) is 12.1. The summed E-state index contributed by atoms with van der Waals surface area (Å²) in [4.78, 5) is 26.7. The number of nitrogens with zero attached hydrogens (tertiary/aromatic N) is 2. The van der Waals surface area contributed by atoms with Gasteiger partial charge in [-0.15, -0.1) is 0 Å². The van der Waals surface area contributed by atoms with Gasteiger partial charge in [-0.2, -0.15) is 4.98 Å². The number of carbonyl (C=O) groups excluding carboxylic acids is 1. The quantitative estimate of drug-likeness (QED) is 0.753. The molecule has 21 heavy (non-hydrogen) atoms. The number of aliphatic hydroxyl groups is 1. The van der Waals surface area contributed by atoms with Crippen LogP contribution >= 0.6 is 0 Å². The molecule has 1 atom stereocenters. The molecule has 0 aliphatic heterocycles. The molecule has 0 spiro atoms. The lowest BCUT2D eigenvalue weighted by atomic mass is 10.1. The van der Waals surface area contributed by atoms with Crippen molar-refractivity contribution in [3.63, 3.8) is 0 Å². The van der Waals surface area contributed by atoms with Crippen molar-refractivity contribution in [3.05, 3.63) is 28.3 Å². The average molecular weight is 293 g/mol. The Morgan fingerprint density at radius 1 is 1.67 bits per heavy atom. The van der Waals surface area contributed by atoms with E-state index >= 15 is 0 Å². The van der Waals surface area contributed by atoms with Gasteiger partial charge in [0.05, 0.1) is 17.9 Å². The number of carbonyl (C=O) groups is 1. The minimum absolute atomic E-state index is 0.115. The van der Waals surface area contributed by atoms with E-state index in [1.165, 1.54) is 16.8 Å². The molecule has 0 bridgehead atoms. The van der Waals surface area contributed by atoms with Crippen LogP contribution in [0.1, 0.15) is 20.3 Å². The molecule has 1 aromatic heterocycles. The van der Waals surface area contributed by atoms with Crippen LogP contribution in [-0.2, 0) is 9.53 Å². The highest BCUT2D eigenvalue weighted by Gasteiger charge is 2.50. The summed E-state index contributed by atoms with van der Waals surface area (Å²) in [5.74, 6) is -0.360. The molecule has 1 aromatic rings. The van der Waals surface area contributed by atoms with Crippen molar-refractivity contribution >= 4 is 18.0 Å². The second kappa shape index (κ2) is 5.69. The van der Waals surface area contributed by atoms with Gasteiger partial charge in [0.1, 0.15) is 12.4 Å². The number of hydrogen-bond donors (Lipinski definition) is 2. The number of esters is 1. The summed E-state index contributed by atoms with van der Waals surface area (Å²) in [5, 5.41) is 9.51. The van der Waals surface area contributed by atoms with E-state index in [0.29, 0.717) is 6.42 Å². The third-order valence-electron chi connectivity index (χ3n) is 3.50. The molecule has 1 saturated carbocycles. The third kappa shape index (κ3) is 3.30. The van der Waals surface area contributed by atoms with Crippen LogP contribution in [0.25, 0.3) is 6.20 Å². The molecule has 0 aromatic carbocycles. The van der Waals surface area contributed by atoms with E-state index in [1.54, 1.807) is 20.0 Å². The number of nitrogens with two attached hydrogens (primary N) is 1. The van der Waals surface area contributed by atoms with Crippen molar-refractivity contribution < 1.29 is 14.6 Å². The van der Waals surface area contributed by atoms with Gasteiger partial charge in [0, 0.05) is 12.4 Å². The summed E-state index contributed by atoms with van der Waals surface area (Å²) < 4.78 is 6.48. The van der Waals surface area contributed by atoms with Crippen molar-refractivity contribution in [3.8, 4) is 0 Å². The van der Waals surface area contributed by atoms with E-state index in [4.69, 9.17) is 10.5 Å². The molecule has 0 saturated heterocycles. The van der Waals surface area contributed by atoms with Crippen LogP contribution in [0.15, 0.2) is 22.6 Å². The molecule has 7 nitrogen and oxygen atoms in total. The molecule has 7 heteroatoms. The zero-order chi connectivity index (χ0) is 15.6. The summed E-state index contributed by atoms with van der Waals surface area (Å²) in [7, 11) is 0. The van der Waals surface area contributed by atoms with Gasteiger partial charge in [-0.3, -0.25) is 9.36 Å². The summed E-state index contributed by atoms with van der Waals surface area (Å²) in [6.07, 6.45) is 3.69. The first kappa shape index (κ1) is 15.2. The minimum atomic E-state index is -0.578. The lowest BCUT2D eigenvalue weighted by Gasteiger charge is -2.13. The van der Waals surface area contributed by atoms with Gasteiger partial charge in [-0.1, -0.05) is 13.8 Å². The highest BCUT2D eigenvalue weighted by Crippen LogP contribution is 2.52. The van der Waals surface area contributed by atoms with Crippen LogP contribution in [-0.4, -0.2) is 33.8 Å². The van der Waals surface area contributed by atoms with E-state index in [0.717, 1.165) is 5.57 Å². The molecular formula is C14H19N3O4. The zero-order valence-electron chi connectivity index (χ0n) is 12.1. The summed E-state index contributed by atoms with van der Waals surface area (Å²) in [6.45, 7) is 3.47. The van der Waals surface area contributed by atoms with Gasteiger partial charge in [0.2, 0.25) is 0 Å². The third-order valence-corrected chi connectivity index (χ3v) is 3.50. The predicted molar refractivity (Wildman–Crippen MR) is 77.1 cm³/mol. The minimum Gasteiger partial charge on any atom is -0.464 e. The van der Waals surface area contributed by atoms with Crippen LogP contribution in [0.5, 0.6) is 0 Å². The summed E-state index contributed by atoms with van der Waals surface area (Å²) in [5.41, 5.74) is 5.20. The Bertz CT molecular complexity index is 635. The number of aliphatic hydroxyl groups excluding tert-OH is 1. The Labute approximate surface area is 122 Å². The van der Waals surface area contributed by atoms with Crippen LogP contribution in [0.3, 0.4) is 0 Å². The van der Waals surface area contributed by atoms with Crippen LogP contribution in [0.2, 0.25) is 0 Å². The van der Waals surface area contributed by atoms with Crippen molar-refractivity contribution in [1.82, 2.24) is 9.55 Å². The van der Waals surface area contributed by atoms with E-state index in [-0.39, 0.29) is 30.9 Å². The van der Waals surface area contributed by atoms with Crippen molar-refractivity contribution in [2.45, 2.75) is 20.3 Å². The second-order valence-corrected chi connectivity index (χ2v) is 5.57. The monoisotopic (exact) mass is 293 g/mol. The summed E-state index contributed by atoms with van der Waals surface area (Å²) >= 11 is 0. The van der Waals surface area contributed by atoms with Crippen LogP contribution in [0, 0.1) is 11.3 Å². The number of rotatable bonds is 5. The van der Waals surface area contributed by atoms with Gasteiger partial charge >= 0.3 is 11.7 Å². The first-order valence-corrected chi connectivity index (χ1v) is 6.71. The molecule has 114 valence electrons. The highest BCUT2D eigenvalue weighted by atomic mass is 16.5. The summed E-state index contributed by atoms with van der Waals surface area (Å²) in [6, 6.07) is 1.51. The van der Waals surface area contributed by atoms with E-state index in [9.17, 15) is 14.7 Å². The Kier molecular flexibility index (Phi) is 4.13. The van der Waals surface area contributed by atoms with Gasteiger partial charge in [-0.25, -0.2) is 4.79 Å². The number of ether oxygens (including phenoxy) is 1. The maximum atomic E-state index is 11.6. The normalized spacial score (nSPS) is 22.6. The molecule has 1 fully saturated rings. The Hall–Kier alpha value is -2.15. The number of nitrogen functional groups attached to an aromatic ring is 1. The van der Waals surface area contributed by atoms with Crippen molar-refractivity contribution in [1.29, 1.82) is 0 Å². The lowest BCUT2D eigenvalue weighted by Crippen LogP contribution is -2.22. The highest BCUT2D eigenvalue weighted by molar-refractivity contribution is 5.71. The fraction of sp³-hybridized carbons (Fsp3) is 0.500. The Balaban J connectivity index is 2.10. The molecule has 1 aliphatic rings. The molecule has 0 radical (unpaired) electrons. The Morgan fingerprint density at radius 2 is 2.38 bits per heavy atom. The molecule has 1 heterocycles. The van der Waals surface area contributed by atoms with Crippen molar-refractivity contribution in [2.24, 2.45) is 11.3 Å². The second-order valence-electron chi connectivity index (χ2n) is 5.57. The topological polar surface area (TPSA) is 107 Å². The fourth-order valence-electron chi connectivity index (χ4n) is 1.92. The SMILES string of the molecule is CC(C)C(=O)OCC1(CO)C/C1=C/n1ccc(N)nc1=O. The standard InChI is InChI=1S/C14H19N3O4/c1-9(2)12(19)21-8-14(7-18)5-10(14)6-17-4-3-11(15)16-13(17)20/h3-4,6,9,18H,5,7-8H2,1-2H3,(H2,15,16,20)/b10-6-. The van der Waals surface area contributed by atoms with Gasteiger partial charge in [0.25, 0.3) is 0 Å². The molecule has 0 amide bonds. The number of aromatic nitrogens is 2. The fourth-order valence-corrected chi connectivity index (χ4v) is 1.92. The molecule has 2 rings (SSSR count). The number of hydrogen-bond acceptors (Lipinski definition) is 6. The average Bonchev–Trinajstić information content (AvgIpc) is 3.13. The van der Waals surface area contributed by atoms with E-state index in [2.05, 4.69) is 4.98 Å². The number of anilines is 1. The van der Waals surface area contributed by atoms with Gasteiger partial charge in [0.15, 0.2) is 0 Å². The molecular weight excluding hydrogens is 274 g/mol. The largest absolute Gasteiger partial charge is 0.464 e. The molecule has 1 unspecified atom stereocenters. The van der Waals surface area contributed by atoms with Gasteiger partial charge < -0.3 is 15.6 Å². The smallest absolute Gasteiger partial charge is 0.353 e. The maximum Gasteiger partial charge on any atom is 0.353 e. The van der Waals surface area contributed by atoms with Crippen molar-refractivity contribution in [2.75, 3.05) is 18.9 Å². The maximum absolute atomic E-state index is 11.6. The van der Waals surface area contributed by atoms with E-state index < -0.39 is 11.1 Å². The lowest BCUT2D eigenvalue weighted by molar-refractivity contribution is -0.149. The molecule has 3 N–H and O–H groups in total. The van der Waals surface area contributed by atoms with Gasteiger partial charge in [-0.05, 0) is 18.1 Å². The Morgan fingerprint density at radius 3 is 2.95 bits per heavy atom.